The lowest BCUT2D eigenvalue weighted by molar-refractivity contribution is 0.0987. The smallest absolute Gasteiger partial charge is 0.232 e. The van der Waals surface area contributed by atoms with Gasteiger partial charge in [-0.2, -0.15) is 0 Å². The van der Waals surface area contributed by atoms with Crippen molar-refractivity contribution in [3.8, 4) is 5.88 Å². The predicted molar refractivity (Wildman–Crippen MR) is 106 cm³/mol. The van der Waals surface area contributed by atoms with Gasteiger partial charge in [0.25, 0.3) is 0 Å². The Labute approximate surface area is 162 Å². The number of carbonyl (C=O) groups is 1. The van der Waals surface area contributed by atoms with Crippen LogP contribution in [0.1, 0.15) is 34.2 Å². The maximum Gasteiger partial charge on any atom is 0.232 e. The molecule has 1 aliphatic heterocycles. The maximum atomic E-state index is 12.6. The van der Waals surface area contributed by atoms with Crippen LogP contribution in [0.2, 0.25) is 0 Å². The average Bonchev–Trinajstić information content (AvgIpc) is 3.17. The van der Waals surface area contributed by atoms with Gasteiger partial charge in [0.05, 0.1) is 31.7 Å². The number of methoxy groups -OCH3 is 1. The van der Waals surface area contributed by atoms with Crippen LogP contribution in [0.25, 0.3) is 0 Å². The standard InChI is InChI=1S/C21H21N5O2/c1-21(13-26-8-4-7-17(26)20(22)25-21)15-6-3-5-14(9-15)10-18(27)16-11-24-19(28-2)12-23-16/h3-9,11-12H,10,13H2,1-2H3,(H2,22,25). The number of ketones is 1. The van der Waals surface area contributed by atoms with Crippen molar-refractivity contribution in [2.75, 3.05) is 7.11 Å². The van der Waals surface area contributed by atoms with Crippen molar-refractivity contribution in [1.82, 2.24) is 14.5 Å². The number of nitrogens with two attached hydrogens (primary N) is 1. The van der Waals surface area contributed by atoms with E-state index in [9.17, 15) is 4.79 Å². The summed E-state index contributed by atoms with van der Waals surface area (Å²) in [7, 11) is 1.51. The molecule has 0 radical (unpaired) electrons. The van der Waals surface area contributed by atoms with Crippen LogP contribution >= 0.6 is 0 Å². The third kappa shape index (κ3) is 3.26. The van der Waals surface area contributed by atoms with Gasteiger partial charge in [-0.15, -0.1) is 0 Å². The molecule has 28 heavy (non-hydrogen) atoms. The number of amidine groups is 1. The highest BCUT2D eigenvalue weighted by molar-refractivity contribution is 5.97. The number of nitrogens with zero attached hydrogens (tertiary/aromatic N) is 4. The molecular formula is C21H21N5O2. The highest BCUT2D eigenvalue weighted by Crippen LogP contribution is 2.32. The van der Waals surface area contributed by atoms with Crippen molar-refractivity contribution in [3.05, 3.63) is 77.5 Å². The van der Waals surface area contributed by atoms with Crippen molar-refractivity contribution >= 4 is 11.6 Å². The van der Waals surface area contributed by atoms with E-state index in [1.807, 2.05) is 42.6 Å². The van der Waals surface area contributed by atoms with Crippen molar-refractivity contribution in [1.29, 1.82) is 0 Å². The van der Waals surface area contributed by atoms with Gasteiger partial charge >= 0.3 is 0 Å². The van der Waals surface area contributed by atoms with Crippen LogP contribution in [0.5, 0.6) is 5.88 Å². The summed E-state index contributed by atoms with van der Waals surface area (Å²) in [5.74, 6) is 0.800. The van der Waals surface area contributed by atoms with E-state index in [-0.39, 0.29) is 12.2 Å². The fraction of sp³-hybridized carbons (Fsp3) is 0.238. The fourth-order valence-corrected chi connectivity index (χ4v) is 3.49. The number of aliphatic imine (C=N–C) groups is 1. The van der Waals surface area contributed by atoms with Gasteiger partial charge in [0.2, 0.25) is 5.88 Å². The third-order valence-corrected chi connectivity index (χ3v) is 4.97. The molecule has 2 aromatic heterocycles. The van der Waals surface area contributed by atoms with E-state index in [0.29, 0.717) is 24.0 Å². The van der Waals surface area contributed by atoms with Crippen LogP contribution in [0.15, 0.2) is 60.0 Å². The number of aromatic nitrogens is 3. The molecule has 0 spiro atoms. The molecule has 0 aliphatic carbocycles. The molecule has 7 nitrogen and oxygen atoms in total. The monoisotopic (exact) mass is 375 g/mol. The van der Waals surface area contributed by atoms with Crippen molar-refractivity contribution in [3.63, 3.8) is 0 Å². The molecule has 1 unspecified atom stereocenters. The zero-order chi connectivity index (χ0) is 19.7. The van der Waals surface area contributed by atoms with E-state index in [1.165, 1.54) is 19.5 Å². The Kier molecular flexibility index (Phi) is 4.43. The number of hydrogen-bond donors (Lipinski definition) is 1. The van der Waals surface area contributed by atoms with Crippen molar-refractivity contribution in [2.45, 2.75) is 25.4 Å². The Hall–Kier alpha value is -3.48. The topological polar surface area (TPSA) is 95.4 Å². The van der Waals surface area contributed by atoms with E-state index in [4.69, 9.17) is 15.5 Å². The lowest BCUT2D eigenvalue weighted by Crippen LogP contribution is -2.36. The summed E-state index contributed by atoms with van der Waals surface area (Å²) in [6, 6.07) is 11.8. The molecule has 2 N–H and O–H groups in total. The Bertz CT molecular complexity index is 1050. The molecule has 1 aliphatic rings. The molecule has 142 valence electrons. The van der Waals surface area contributed by atoms with E-state index in [2.05, 4.69) is 21.5 Å². The highest BCUT2D eigenvalue weighted by atomic mass is 16.5. The van der Waals surface area contributed by atoms with E-state index < -0.39 is 5.54 Å². The Morgan fingerprint density at radius 2 is 2.11 bits per heavy atom. The van der Waals surface area contributed by atoms with Gasteiger partial charge in [0.15, 0.2) is 5.78 Å². The quantitative estimate of drug-likeness (QED) is 0.691. The number of rotatable bonds is 5. The minimum absolute atomic E-state index is 0.100. The van der Waals surface area contributed by atoms with Gasteiger partial charge in [0, 0.05) is 12.6 Å². The van der Waals surface area contributed by atoms with Crippen molar-refractivity contribution < 1.29 is 9.53 Å². The molecule has 4 rings (SSSR count). The second kappa shape index (κ2) is 6.92. The second-order valence-corrected chi connectivity index (χ2v) is 7.04. The van der Waals surface area contributed by atoms with E-state index in [0.717, 1.165) is 16.8 Å². The van der Waals surface area contributed by atoms with E-state index >= 15 is 0 Å². The zero-order valence-electron chi connectivity index (χ0n) is 15.8. The lowest BCUT2D eigenvalue weighted by Gasteiger charge is -2.32. The van der Waals surface area contributed by atoms with Crippen LogP contribution in [0.3, 0.4) is 0 Å². The van der Waals surface area contributed by atoms with Gasteiger partial charge in [-0.05, 0) is 30.2 Å². The Morgan fingerprint density at radius 3 is 2.86 bits per heavy atom. The first-order valence-corrected chi connectivity index (χ1v) is 8.98. The van der Waals surface area contributed by atoms with Crippen LogP contribution in [0, 0.1) is 0 Å². The van der Waals surface area contributed by atoms with Gasteiger partial charge in [-0.3, -0.25) is 9.79 Å². The minimum atomic E-state index is -0.491. The van der Waals surface area contributed by atoms with Crippen LogP contribution in [-0.4, -0.2) is 33.3 Å². The van der Waals surface area contributed by atoms with Gasteiger partial charge in [0.1, 0.15) is 17.1 Å². The van der Waals surface area contributed by atoms with Gasteiger partial charge in [-0.1, -0.05) is 24.3 Å². The number of benzene rings is 1. The molecule has 0 bridgehead atoms. The largest absolute Gasteiger partial charge is 0.480 e. The molecule has 0 amide bonds. The van der Waals surface area contributed by atoms with Crippen molar-refractivity contribution in [2.24, 2.45) is 10.7 Å². The first-order valence-electron chi connectivity index (χ1n) is 8.98. The number of fused-ring (bicyclic) bond motifs is 1. The molecule has 1 aromatic carbocycles. The second-order valence-electron chi connectivity index (χ2n) is 7.04. The summed E-state index contributed by atoms with van der Waals surface area (Å²) < 4.78 is 7.08. The summed E-state index contributed by atoms with van der Waals surface area (Å²) in [4.78, 5) is 25.5. The number of carbonyl (C=O) groups excluding carboxylic acids is 1. The Balaban J connectivity index is 1.58. The molecule has 0 fully saturated rings. The predicted octanol–water partition coefficient (Wildman–Crippen LogP) is 2.35. The summed E-state index contributed by atoms with van der Waals surface area (Å²) in [5, 5.41) is 0. The molecular weight excluding hydrogens is 354 g/mol. The van der Waals surface area contributed by atoms with Gasteiger partial charge in [-0.25, -0.2) is 9.97 Å². The molecule has 0 saturated carbocycles. The third-order valence-electron chi connectivity index (χ3n) is 4.97. The molecule has 3 aromatic rings. The highest BCUT2D eigenvalue weighted by Gasteiger charge is 2.32. The first kappa shape index (κ1) is 17.9. The normalized spacial score (nSPS) is 18.3. The molecule has 7 heteroatoms. The summed E-state index contributed by atoms with van der Waals surface area (Å²) >= 11 is 0. The summed E-state index contributed by atoms with van der Waals surface area (Å²) in [6.45, 7) is 2.75. The van der Waals surface area contributed by atoms with Crippen LogP contribution < -0.4 is 10.5 Å². The van der Waals surface area contributed by atoms with E-state index in [1.54, 1.807) is 0 Å². The summed E-state index contributed by atoms with van der Waals surface area (Å²) in [5.41, 5.74) is 8.84. The minimum Gasteiger partial charge on any atom is -0.480 e. The molecule has 3 heterocycles. The fourth-order valence-electron chi connectivity index (χ4n) is 3.49. The van der Waals surface area contributed by atoms with Crippen LogP contribution in [-0.2, 0) is 18.5 Å². The Morgan fingerprint density at radius 1 is 1.25 bits per heavy atom. The maximum absolute atomic E-state index is 12.6. The SMILES string of the molecule is COc1cnc(C(=O)Cc2cccc(C3(C)Cn4cccc4C(N)=N3)c2)cn1. The molecule has 0 saturated heterocycles. The van der Waals surface area contributed by atoms with Crippen LogP contribution in [0.4, 0.5) is 0 Å². The summed E-state index contributed by atoms with van der Waals surface area (Å²) in [6.07, 6.45) is 5.12. The number of ether oxygens (including phenoxy) is 1. The zero-order valence-corrected chi connectivity index (χ0v) is 15.8. The lowest BCUT2D eigenvalue weighted by atomic mass is 9.89. The first-order chi connectivity index (χ1) is 13.5. The number of hydrogen-bond acceptors (Lipinski definition) is 6. The molecule has 1 atom stereocenters. The average molecular weight is 375 g/mol. The number of Topliss-reactive ketones (excluding diaryl/α,β-unsaturated/α-hetero) is 1. The van der Waals surface area contributed by atoms with Gasteiger partial charge < -0.3 is 15.0 Å².